The number of rotatable bonds is 3. The van der Waals surface area contributed by atoms with Crippen molar-refractivity contribution in [2.24, 2.45) is 5.73 Å². The number of fused-ring (bicyclic) bond motifs is 1. The van der Waals surface area contributed by atoms with Crippen LogP contribution in [0.4, 0.5) is 0 Å². The molecule has 0 aliphatic carbocycles. The van der Waals surface area contributed by atoms with Gasteiger partial charge in [-0.1, -0.05) is 30.3 Å². The Kier molecular flexibility index (Phi) is 3.39. The van der Waals surface area contributed by atoms with E-state index in [0.717, 1.165) is 24.5 Å². The lowest BCUT2D eigenvalue weighted by atomic mass is 9.95. The van der Waals surface area contributed by atoms with E-state index in [-0.39, 0.29) is 5.60 Å². The SMILES string of the molecule is CC1(CCN)OCCc2nc(-c3ccccc3)sc21. The van der Waals surface area contributed by atoms with E-state index in [2.05, 4.69) is 19.1 Å². The summed E-state index contributed by atoms with van der Waals surface area (Å²) in [6, 6.07) is 10.3. The summed E-state index contributed by atoms with van der Waals surface area (Å²) >= 11 is 1.74. The summed E-state index contributed by atoms with van der Waals surface area (Å²) in [7, 11) is 0. The van der Waals surface area contributed by atoms with Gasteiger partial charge in [0, 0.05) is 12.0 Å². The van der Waals surface area contributed by atoms with E-state index in [1.54, 1.807) is 11.3 Å². The number of nitrogens with two attached hydrogens (primary N) is 1. The summed E-state index contributed by atoms with van der Waals surface area (Å²) < 4.78 is 5.97. The largest absolute Gasteiger partial charge is 0.369 e. The van der Waals surface area contributed by atoms with E-state index in [1.165, 1.54) is 16.1 Å². The molecule has 1 unspecified atom stereocenters. The fraction of sp³-hybridized carbons (Fsp3) is 0.400. The van der Waals surface area contributed by atoms with Gasteiger partial charge in [0.25, 0.3) is 0 Å². The van der Waals surface area contributed by atoms with Crippen LogP contribution >= 0.6 is 11.3 Å². The van der Waals surface area contributed by atoms with Crippen molar-refractivity contribution < 1.29 is 4.74 Å². The van der Waals surface area contributed by atoms with Crippen molar-refractivity contribution in [1.29, 1.82) is 0 Å². The van der Waals surface area contributed by atoms with Crippen LogP contribution in [0.2, 0.25) is 0 Å². The summed E-state index contributed by atoms with van der Waals surface area (Å²) in [5.74, 6) is 0. The van der Waals surface area contributed by atoms with Crippen molar-refractivity contribution in [3.05, 3.63) is 40.9 Å². The molecular weight excluding hydrogens is 256 g/mol. The van der Waals surface area contributed by atoms with Gasteiger partial charge in [-0.3, -0.25) is 0 Å². The number of aromatic nitrogens is 1. The van der Waals surface area contributed by atoms with Gasteiger partial charge in [-0.05, 0) is 19.9 Å². The highest BCUT2D eigenvalue weighted by Crippen LogP contribution is 2.41. The minimum absolute atomic E-state index is 0.257. The van der Waals surface area contributed by atoms with E-state index >= 15 is 0 Å². The predicted octanol–water partition coefficient (Wildman–Crippen LogP) is 2.95. The van der Waals surface area contributed by atoms with Gasteiger partial charge in [0.2, 0.25) is 0 Å². The fourth-order valence-electron chi connectivity index (χ4n) is 2.54. The van der Waals surface area contributed by atoms with E-state index < -0.39 is 0 Å². The number of ether oxygens (including phenoxy) is 1. The highest BCUT2D eigenvalue weighted by molar-refractivity contribution is 7.15. The Morgan fingerprint density at radius 2 is 2.16 bits per heavy atom. The second-order valence-corrected chi connectivity index (χ2v) is 6.03. The number of hydrogen-bond donors (Lipinski definition) is 1. The maximum Gasteiger partial charge on any atom is 0.123 e. The molecule has 19 heavy (non-hydrogen) atoms. The molecule has 2 aromatic rings. The minimum Gasteiger partial charge on any atom is -0.369 e. The summed E-state index contributed by atoms with van der Waals surface area (Å²) in [5, 5.41) is 1.08. The number of benzene rings is 1. The third kappa shape index (κ3) is 2.31. The van der Waals surface area contributed by atoms with Crippen molar-refractivity contribution in [2.75, 3.05) is 13.2 Å². The van der Waals surface area contributed by atoms with E-state index in [4.69, 9.17) is 15.5 Å². The first kappa shape index (κ1) is 12.8. The van der Waals surface area contributed by atoms with Crippen molar-refractivity contribution in [3.63, 3.8) is 0 Å². The maximum atomic E-state index is 5.97. The molecule has 0 radical (unpaired) electrons. The molecule has 0 saturated heterocycles. The third-order valence-corrected chi connectivity index (χ3v) is 4.97. The zero-order chi connectivity index (χ0) is 13.3. The average molecular weight is 274 g/mol. The molecular formula is C15H18N2OS. The van der Waals surface area contributed by atoms with Crippen LogP contribution in [0.3, 0.4) is 0 Å². The molecule has 0 amide bonds. The van der Waals surface area contributed by atoms with E-state index in [1.807, 2.05) is 18.2 Å². The minimum atomic E-state index is -0.257. The van der Waals surface area contributed by atoms with Gasteiger partial charge in [0.1, 0.15) is 10.6 Å². The molecule has 2 heterocycles. The molecule has 1 aliphatic rings. The van der Waals surface area contributed by atoms with Gasteiger partial charge in [-0.2, -0.15) is 0 Å². The van der Waals surface area contributed by atoms with Crippen LogP contribution in [0.15, 0.2) is 30.3 Å². The Morgan fingerprint density at radius 3 is 2.89 bits per heavy atom. The quantitative estimate of drug-likeness (QED) is 0.936. The lowest BCUT2D eigenvalue weighted by Gasteiger charge is -2.32. The molecule has 3 nitrogen and oxygen atoms in total. The van der Waals surface area contributed by atoms with E-state index in [9.17, 15) is 0 Å². The van der Waals surface area contributed by atoms with Gasteiger partial charge in [0.05, 0.1) is 17.2 Å². The second-order valence-electron chi connectivity index (χ2n) is 5.03. The highest BCUT2D eigenvalue weighted by Gasteiger charge is 2.35. The number of thiazole rings is 1. The van der Waals surface area contributed by atoms with Gasteiger partial charge in [0.15, 0.2) is 0 Å². The van der Waals surface area contributed by atoms with Crippen LogP contribution < -0.4 is 5.73 Å². The Morgan fingerprint density at radius 1 is 1.37 bits per heavy atom. The first-order valence-corrected chi connectivity index (χ1v) is 7.44. The van der Waals surface area contributed by atoms with Crippen molar-refractivity contribution >= 4 is 11.3 Å². The topological polar surface area (TPSA) is 48.1 Å². The van der Waals surface area contributed by atoms with Crippen LogP contribution in [-0.2, 0) is 16.8 Å². The van der Waals surface area contributed by atoms with Crippen LogP contribution in [-0.4, -0.2) is 18.1 Å². The third-order valence-electron chi connectivity index (χ3n) is 3.58. The maximum absolute atomic E-state index is 5.97. The molecule has 2 N–H and O–H groups in total. The standard InChI is InChI=1S/C15H18N2OS/c1-15(8-9-16)13-12(7-10-18-15)17-14(19-13)11-5-3-2-4-6-11/h2-6H,7-10,16H2,1H3. The molecule has 4 heteroatoms. The summed E-state index contributed by atoms with van der Waals surface area (Å²) in [5.41, 5.74) is 7.83. The van der Waals surface area contributed by atoms with Crippen LogP contribution in [0.25, 0.3) is 10.6 Å². The smallest absolute Gasteiger partial charge is 0.123 e. The monoisotopic (exact) mass is 274 g/mol. The van der Waals surface area contributed by atoms with Crippen molar-refractivity contribution in [2.45, 2.75) is 25.4 Å². The van der Waals surface area contributed by atoms with Gasteiger partial charge >= 0.3 is 0 Å². The summed E-state index contributed by atoms with van der Waals surface area (Å²) in [6.07, 6.45) is 1.75. The molecule has 0 bridgehead atoms. The lowest BCUT2D eigenvalue weighted by Crippen LogP contribution is -2.33. The first-order chi connectivity index (χ1) is 9.23. The fourth-order valence-corrected chi connectivity index (χ4v) is 3.78. The van der Waals surface area contributed by atoms with Crippen LogP contribution in [0.1, 0.15) is 23.9 Å². The molecule has 1 aliphatic heterocycles. The summed E-state index contributed by atoms with van der Waals surface area (Å²) in [4.78, 5) is 6.05. The van der Waals surface area contributed by atoms with Gasteiger partial charge in [-0.25, -0.2) is 4.98 Å². The zero-order valence-electron chi connectivity index (χ0n) is 11.1. The molecule has 0 saturated carbocycles. The van der Waals surface area contributed by atoms with Crippen molar-refractivity contribution in [3.8, 4) is 10.6 Å². The Bertz CT molecular complexity index is 567. The van der Waals surface area contributed by atoms with E-state index in [0.29, 0.717) is 6.54 Å². The zero-order valence-corrected chi connectivity index (χ0v) is 11.9. The summed E-state index contributed by atoms with van der Waals surface area (Å²) in [6.45, 7) is 3.50. The molecule has 1 atom stereocenters. The average Bonchev–Trinajstić information content (AvgIpc) is 2.86. The van der Waals surface area contributed by atoms with Crippen LogP contribution in [0.5, 0.6) is 0 Å². The molecule has 3 rings (SSSR count). The van der Waals surface area contributed by atoms with Crippen LogP contribution in [0, 0.1) is 0 Å². The second kappa shape index (κ2) is 5.04. The normalized spacial score (nSPS) is 22.2. The van der Waals surface area contributed by atoms with Gasteiger partial charge < -0.3 is 10.5 Å². The Balaban J connectivity index is 2.03. The number of hydrogen-bond acceptors (Lipinski definition) is 4. The Hall–Kier alpha value is -1.23. The first-order valence-electron chi connectivity index (χ1n) is 6.62. The Labute approximate surface area is 117 Å². The number of nitrogens with zero attached hydrogens (tertiary/aromatic N) is 1. The molecule has 1 aromatic heterocycles. The molecule has 100 valence electrons. The molecule has 0 fully saturated rings. The van der Waals surface area contributed by atoms with Gasteiger partial charge in [-0.15, -0.1) is 11.3 Å². The molecule has 0 spiro atoms. The molecule has 1 aromatic carbocycles. The highest BCUT2D eigenvalue weighted by atomic mass is 32.1. The predicted molar refractivity (Wildman–Crippen MR) is 78.2 cm³/mol. The lowest BCUT2D eigenvalue weighted by molar-refractivity contribution is -0.0479. The van der Waals surface area contributed by atoms with Crippen molar-refractivity contribution in [1.82, 2.24) is 4.98 Å².